The van der Waals surface area contributed by atoms with Gasteiger partial charge >= 0.3 is 0 Å². The lowest BCUT2D eigenvalue weighted by atomic mass is 9.87. The van der Waals surface area contributed by atoms with Crippen LogP contribution < -0.4 is 15.4 Å². The second-order valence-corrected chi connectivity index (χ2v) is 7.33. The Morgan fingerprint density at radius 3 is 2.74 bits per heavy atom. The molecule has 2 atom stereocenters. The molecule has 2 aromatic rings. The van der Waals surface area contributed by atoms with E-state index in [0.717, 1.165) is 50.1 Å². The van der Waals surface area contributed by atoms with Crippen LogP contribution in [0.2, 0.25) is 0 Å². The van der Waals surface area contributed by atoms with Gasteiger partial charge in [-0.3, -0.25) is 4.79 Å². The fourth-order valence-electron chi connectivity index (χ4n) is 3.75. The molecule has 3 rings (SSSR count). The van der Waals surface area contributed by atoms with E-state index in [2.05, 4.69) is 29.7 Å². The first-order chi connectivity index (χ1) is 13.1. The Hall–Kier alpha value is -2.33. The van der Waals surface area contributed by atoms with Gasteiger partial charge in [-0.1, -0.05) is 31.2 Å². The first-order valence-corrected chi connectivity index (χ1v) is 9.97. The van der Waals surface area contributed by atoms with Gasteiger partial charge in [0.25, 0.3) is 0 Å². The molecular weight excluding hydrogens is 336 g/mol. The molecule has 144 valence electrons. The van der Waals surface area contributed by atoms with Crippen molar-refractivity contribution in [3.8, 4) is 5.75 Å². The molecule has 0 saturated heterocycles. The number of fused-ring (bicyclic) bond motifs is 1. The fourth-order valence-corrected chi connectivity index (χ4v) is 3.75. The van der Waals surface area contributed by atoms with Gasteiger partial charge in [-0.25, -0.2) is 0 Å². The van der Waals surface area contributed by atoms with E-state index in [1.54, 1.807) is 6.92 Å². The number of anilines is 1. The number of nitrogens with one attached hydrogen (secondary N) is 2. The second-order valence-electron chi connectivity index (χ2n) is 7.33. The Labute approximate surface area is 162 Å². The summed E-state index contributed by atoms with van der Waals surface area (Å²) in [5.74, 6) is 0.911. The highest BCUT2D eigenvalue weighted by Crippen LogP contribution is 2.25. The lowest BCUT2D eigenvalue weighted by Gasteiger charge is -2.30. The molecule has 0 bridgehead atoms. The number of aryl methyl sites for hydroxylation is 1. The molecule has 2 aromatic carbocycles. The number of carbonyl (C=O) groups is 1. The van der Waals surface area contributed by atoms with Crippen molar-refractivity contribution in [2.24, 2.45) is 0 Å². The quantitative estimate of drug-likeness (QED) is 0.731. The summed E-state index contributed by atoms with van der Waals surface area (Å²) >= 11 is 0. The van der Waals surface area contributed by atoms with Crippen molar-refractivity contribution in [2.45, 2.75) is 58.0 Å². The van der Waals surface area contributed by atoms with Crippen molar-refractivity contribution in [3.05, 3.63) is 59.7 Å². The minimum Gasteiger partial charge on any atom is -0.494 e. The molecule has 0 fully saturated rings. The highest BCUT2D eigenvalue weighted by Gasteiger charge is 2.21. The fraction of sp³-hybridized carbons (Fsp3) is 0.435. The van der Waals surface area contributed by atoms with Crippen LogP contribution in [0.25, 0.3) is 0 Å². The number of carbonyl (C=O) groups excluding carboxylic acids is 1. The molecule has 4 heteroatoms. The zero-order valence-corrected chi connectivity index (χ0v) is 16.3. The van der Waals surface area contributed by atoms with Crippen LogP contribution in [0.4, 0.5) is 5.69 Å². The Bertz CT molecular complexity index is 745. The second kappa shape index (κ2) is 9.56. The summed E-state index contributed by atoms with van der Waals surface area (Å²) in [5, 5.41) is 6.71. The van der Waals surface area contributed by atoms with Gasteiger partial charge in [0.05, 0.1) is 6.61 Å². The third-order valence-electron chi connectivity index (χ3n) is 5.20. The Morgan fingerprint density at radius 2 is 2.00 bits per heavy atom. The minimum absolute atomic E-state index is 0.0232. The van der Waals surface area contributed by atoms with Crippen molar-refractivity contribution >= 4 is 11.6 Å². The Morgan fingerprint density at radius 1 is 1.19 bits per heavy atom. The molecule has 27 heavy (non-hydrogen) atoms. The van der Waals surface area contributed by atoms with Gasteiger partial charge < -0.3 is 15.4 Å². The van der Waals surface area contributed by atoms with E-state index in [-0.39, 0.29) is 5.91 Å². The lowest BCUT2D eigenvalue weighted by molar-refractivity contribution is -0.114. The molecule has 0 heterocycles. The monoisotopic (exact) mass is 366 g/mol. The number of ether oxygens (including phenoxy) is 1. The summed E-state index contributed by atoms with van der Waals surface area (Å²) in [5.41, 5.74) is 3.65. The van der Waals surface area contributed by atoms with E-state index in [1.807, 2.05) is 36.4 Å². The van der Waals surface area contributed by atoms with E-state index in [1.165, 1.54) is 11.1 Å². The number of amides is 1. The number of rotatable bonds is 8. The van der Waals surface area contributed by atoms with Gasteiger partial charge in [0.15, 0.2) is 0 Å². The van der Waals surface area contributed by atoms with Crippen LogP contribution in [-0.2, 0) is 17.6 Å². The standard InChI is InChI=1S/C23H30N2O2/c1-3-20(13-14-27-23-7-5-4-6-8-23)25-22-12-10-18-9-11-21(24-17(2)26)15-19(18)16-22/h4-9,11,15,20,22,25H,3,10,12-14,16H2,1-2H3,(H,24,26). The third-order valence-corrected chi connectivity index (χ3v) is 5.20. The van der Waals surface area contributed by atoms with E-state index in [0.29, 0.717) is 12.1 Å². The van der Waals surface area contributed by atoms with Crippen LogP contribution in [0.1, 0.15) is 44.2 Å². The highest BCUT2D eigenvalue weighted by atomic mass is 16.5. The van der Waals surface area contributed by atoms with Crippen LogP contribution in [0.5, 0.6) is 5.75 Å². The lowest BCUT2D eigenvalue weighted by Crippen LogP contribution is -2.42. The average Bonchev–Trinajstić information content (AvgIpc) is 2.67. The van der Waals surface area contributed by atoms with Crippen LogP contribution >= 0.6 is 0 Å². The van der Waals surface area contributed by atoms with Gasteiger partial charge in [-0.05, 0) is 67.5 Å². The molecule has 0 aliphatic heterocycles. The normalized spacial score (nSPS) is 17.0. The van der Waals surface area contributed by atoms with Crippen molar-refractivity contribution in [1.82, 2.24) is 5.32 Å². The molecule has 0 radical (unpaired) electrons. The van der Waals surface area contributed by atoms with Crippen molar-refractivity contribution in [2.75, 3.05) is 11.9 Å². The van der Waals surface area contributed by atoms with Crippen LogP contribution in [0.15, 0.2) is 48.5 Å². The molecule has 2 N–H and O–H groups in total. The summed E-state index contributed by atoms with van der Waals surface area (Å²) in [6.07, 6.45) is 5.35. The van der Waals surface area contributed by atoms with Gasteiger partial charge in [-0.15, -0.1) is 0 Å². The van der Waals surface area contributed by atoms with Gasteiger partial charge in [-0.2, -0.15) is 0 Å². The Balaban J connectivity index is 1.51. The summed E-state index contributed by atoms with van der Waals surface area (Å²) in [6, 6.07) is 17.2. The van der Waals surface area contributed by atoms with Crippen LogP contribution in [0.3, 0.4) is 0 Å². The molecule has 0 saturated carbocycles. The first-order valence-electron chi connectivity index (χ1n) is 9.97. The molecule has 0 aromatic heterocycles. The summed E-state index contributed by atoms with van der Waals surface area (Å²) < 4.78 is 5.86. The largest absolute Gasteiger partial charge is 0.494 e. The van der Waals surface area contributed by atoms with Gasteiger partial charge in [0.2, 0.25) is 5.91 Å². The van der Waals surface area contributed by atoms with Gasteiger partial charge in [0.1, 0.15) is 5.75 Å². The zero-order chi connectivity index (χ0) is 19.1. The topological polar surface area (TPSA) is 50.4 Å². The summed E-state index contributed by atoms with van der Waals surface area (Å²) in [7, 11) is 0. The minimum atomic E-state index is -0.0232. The maximum Gasteiger partial charge on any atom is 0.221 e. The number of hydrogen-bond donors (Lipinski definition) is 2. The summed E-state index contributed by atoms with van der Waals surface area (Å²) in [6.45, 7) is 4.50. The summed E-state index contributed by atoms with van der Waals surface area (Å²) in [4.78, 5) is 11.3. The van der Waals surface area contributed by atoms with E-state index in [9.17, 15) is 4.79 Å². The van der Waals surface area contributed by atoms with Crippen molar-refractivity contribution < 1.29 is 9.53 Å². The van der Waals surface area contributed by atoms with E-state index < -0.39 is 0 Å². The molecule has 1 aliphatic rings. The number of hydrogen-bond acceptors (Lipinski definition) is 3. The smallest absolute Gasteiger partial charge is 0.221 e. The van der Waals surface area contributed by atoms with Crippen LogP contribution in [-0.4, -0.2) is 24.6 Å². The molecule has 2 unspecified atom stereocenters. The number of benzene rings is 2. The molecule has 4 nitrogen and oxygen atoms in total. The predicted octanol–water partition coefficient (Wildman–Crippen LogP) is 4.34. The van der Waals surface area contributed by atoms with Crippen molar-refractivity contribution in [3.63, 3.8) is 0 Å². The average molecular weight is 367 g/mol. The first kappa shape index (κ1) is 19.4. The number of para-hydroxylation sites is 1. The predicted molar refractivity (Wildman–Crippen MR) is 110 cm³/mol. The SMILES string of the molecule is CCC(CCOc1ccccc1)NC1CCc2ccc(NC(C)=O)cc2C1. The molecule has 1 aliphatic carbocycles. The van der Waals surface area contributed by atoms with Crippen LogP contribution in [0, 0.1) is 0 Å². The van der Waals surface area contributed by atoms with E-state index >= 15 is 0 Å². The van der Waals surface area contributed by atoms with Gasteiger partial charge in [0, 0.05) is 24.7 Å². The molecule has 0 spiro atoms. The zero-order valence-electron chi connectivity index (χ0n) is 16.3. The maximum atomic E-state index is 11.3. The molecule has 1 amide bonds. The third kappa shape index (κ3) is 5.83. The van der Waals surface area contributed by atoms with Crippen molar-refractivity contribution in [1.29, 1.82) is 0 Å². The maximum absolute atomic E-state index is 11.3. The molecular formula is C23H30N2O2. The van der Waals surface area contributed by atoms with E-state index in [4.69, 9.17) is 4.74 Å². The Kier molecular flexibility index (Phi) is 6.88. The highest BCUT2D eigenvalue weighted by molar-refractivity contribution is 5.88.